The SMILES string of the molecule is COC(=O)N1C(=O)C2CC=C3C(CC4(Cl)C(=O)N(CBr)C(=O)C4(Cl)C3c3ccc(O)c4ccccc34)C2C1=O. The van der Waals surface area contributed by atoms with E-state index < -0.39 is 63.1 Å². The molecule has 2 aromatic rings. The van der Waals surface area contributed by atoms with Crippen molar-refractivity contribution in [1.82, 2.24) is 9.80 Å². The van der Waals surface area contributed by atoms with Crippen LogP contribution in [0.2, 0.25) is 0 Å². The number of nitrogens with zero attached hydrogens (tertiary/aromatic N) is 2. The van der Waals surface area contributed by atoms with Gasteiger partial charge in [-0.05, 0) is 35.8 Å². The van der Waals surface area contributed by atoms with Crippen molar-refractivity contribution in [1.29, 1.82) is 0 Å². The quantitative estimate of drug-likeness (QED) is 0.229. The van der Waals surface area contributed by atoms with E-state index in [4.69, 9.17) is 23.2 Å². The molecule has 0 bridgehead atoms. The van der Waals surface area contributed by atoms with Gasteiger partial charge in [-0.2, -0.15) is 4.90 Å². The Labute approximate surface area is 240 Å². The number of imide groups is 4. The summed E-state index contributed by atoms with van der Waals surface area (Å²) in [6.07, 6.45) is 0.620. The number of rotatable bonds is 2. The Morgan fingerprint density at radius 2 is 1.74 bits per heavy atom. The summed E-state index contributed by atoms with van der Waals surface area (Å²) in [6.45, 7) is 0. The van der Waals surface area contributed by atoms with Crippen LogP contribution in [0.1, 0.15) is 24.3 Å². The minimum atomic E-state index is -1.97. The number of aromatic hydroxyl groups is 1. The van der Waals surface area contributed by atoms with E-state index in [1.165, 1.54) is 6.07 Å². The molecular formula is C27H21BrCl2N2O7. The summed E-state index contributed by atoms with van der Waals surface area (Å²) in [5, 5.41) is 11.6. The van der Waals surface area contributed by atoms with Gasteiger partial charge in [0.2, 0.25) is 11.8 Å². The average Bonchev–Trinajstić information content (AvgIpc) is 3.27. The highest BCUT2D eigenvalue weighted by molar-refractivity contribution is 9.09. The minimum absolute atomic E-state index is 0.0151. The molecule has 2 aliphatic heterocycles. The number of carbonyl (C=O) groups excluding carboxylic acids is 5. The van der Waals surface area contributed by atoms with Gasteiger partial charge in [-0.3, -0.25) is 24.1 Å². The normalized spacial score (nSPS) is 33.7. The number of phenols is 1. The summed E-state index contributed by atoms with van der Waals surface area (Å²) in [6, 6.07) is 10.1. The number of hydrogen-bond acceptors (Lipinski definition) is 7. The Balaban J connectivity index is 1.61. The van der Waals surface area contributed by atoms with E-state index in [0.717, 1.165) is 12.0 Å². The van der Waals surface area contributed by atoms with Gasteiger partial charge in [0.15, 0.2) is 9.75 Å². The second kappa shape index (κ2) is 8.78. The number of methoxy groups -OCH3 is 1. The van der Waals surface area contributed by atoms with E-state index in [1.54, 1.807) is 36.4 Å². The number of phenolic OH excluding ortho intramolecular Hbond substituents is 1. The third-order valence-electron chi connectivity index (χ3n) is 8.62. The molecule has 9 nitrogen and oxygen atoms in total. The van der Waals surface area contributed by atoms with Crippen LogP contribution in [-0.2, 0) is 23.9 Å². The highest BCUT2D eigenvalue weighted by Gasteiger charge is 2.76. The number of hydrogen-bond donors (Lipinski definition) is 1. The molecule has 2 saturated heterocycles. The van der Waals surface area contributed by atoms with Gasteiger partial charge in [-0.1, -0.05) is 57.9 Å². The van der Waals surface area contributed by atoms with Crippen LogP contribution in [0.4, 0.5) is 4.79 Å². The van der Waals surface area contributed by atoms with Crippen LogP contribution >= 0.6 is 39.1 Å². The summed E-state index contributed by atoms with van der Waals surface area (Å²) in [7, 11) is 1.08. The van der Waals surface area contributed by atoms with Crippen LogP contribution in [0.15, 0.2) is 48.0 Å². The molecule has 39 heavy (non-hydrogen) atoms. The first kappa shape index (κ1) is 26.3. The lowest BCUT2D eigenvalue weighted by Gasteiger charge is -2.51. The van der Waals surface area contributed by atoms with E-state index in [1.807, 2.05) is 0 Å². The molecule has 6 unspecified atom stereocenters. The standard InChI is InChI=1S/C27H21BrCl2N2O7/c1-39-25(38)32-21(34)16-7-6-15-17(19(16)22(32)35)10-26(29)23(36)31(11-28)24(37)27(26,30)20(15)14-8-9-18(33)13-5-3-2-4-12(13)14/h2-6,8-9,16-17,19-20,33H,7,10-11H2,1H3. The molecule has 4 aliphatic rings. The predicted molar refractivity (Wildman–Crippen MR) is 143 cm³/mol. The van der Waals surface area contributed by atoms with E-state index in [9.17, 15) is 29.1 Å². The second-order valence-corrected chi connectivity index (χ2v) is 11.9. The predicted octanol–water partition coefficient (Wildman–Crippen LogP) is 4.02. The van der Waals surface area contributed by atoms with E-state index in [-0.39, 0.29) is 24.0 Å². The van der Waals surface area contributed by atoms with Gasteiger partial charge < -0.3 is 9.84 Å². The van der Waals surface area contributed by atoms with Crippen molar-refractivity contribution < 1.29 is 33.8 Å². The second-order valence-electron chi connectivity index (χ2n) is 10.2. The zero-order valence-corrected chi connectivity index (χ0v) is 23.5. The van der Waals surface area contributed by atoms with Crippen molar-refractivity contribution in [2.75, 3.05) is 12.6 Å². The first-order chi connectivity index (χ1) is 18.5. The van der Waals surface area contributed by atoms with Crippen molar-refractivity contribution in [3.05, 3.63) is 53.6 Å². The van der Waals surface area contributed by atoms with Gasteiger partial charge in [0.05, 0.1) is 24.4 Å². The van der Waals surface area contributed by atoms with Crippen molar-refractivity contribution in [2.45, 2.75) is 28.5 Å². The monoisotopic (exact) mass is 634 g/mol. The fourth-order valence-electron chi connectivity index (χ4n) is 6.93. The van der Waals surface area contributed by atoms with Crippen LogP contribution < -0.4 is 0 Å². The first-order valence-corrected chi connectivity index (χ1v) is 14.1. The van der Waals surface area contributed by atoms with Crippen LogP contribution in [0, 0.1) is 17.8 Å². The van der Waals surface area contributed by atoms with Crippen LogP contribution in [0.5, 0.6) is 5.75 Å². The Morgan fingerprint density at radius 3 is 2.41 bits per heavy atom. The van der Waals surface area contributed by atoms with Crippen molar-refractivity contribution in [3.63, 3.8) is 0 Å². The number of allylic oxidation sites excluding steroid dienone is 2. The molecule has 1 saturated carbocycles. The zero-order valence-electron chi connectivity index (χ0n) is 20.4. The molecule has 0 aromatic heterocycles. The molecule has 2 aromatic carbocycles. The smallest absolute Gasteiger partial charge is 0.423 e. The third-order valence-corrected chi connectivity index (χ3v) is 10.5. The molecule has 1 N–H and O–H groups in total. The van der Waals surface area contributed by atoms with Crippen molar-refractivity contribution in [2.24, 2.45) is 17.8 Å². The maximum atomic E-state index is 13.9. The molecular weight excluding hydrogens is 615 g/mol. The maximum Gasteiger partial charge on any atom is 0.423 e. The zero-order chi connectivity index (χ0) is 28.0. The Bertz CT molecular complexity index is 1550. The molecule has 12 heteroatoms. The summed E-state index contributed by atoms with van der Waals surface area (Å²) in [5.74, 6) is -6.42. The molecule has 6 atom stereocenters. The molecule has 0 spiro atoms. The number of halogens is 3. The summed E-state index contributed by atoms with van der Waals surface area (Å²) in [5.41, 5.74) is 0.987. The van der Waals surface area contributed by atoms with Gasteiger partial charge >= 0.3 is 6.09 Å². The summed E-state index contributed by atoms with van der Waals surface area (Å²) in [4.78, 5) is 64.1. The number of ether oxygens (including phenoxy) is 1. The van der Waals surface area contributed by atoms with Gasteiger partial charge in [-0.15, -0.1) is 23.2 Å². The molecule has 3 fully saturated rings. The van der Waals surface area contributed by atoms with Crippen LogP contribution in [-0.4, -0.2) is 66.9 Å². The van der Waals surface area contributed by atoms with Gasteiger partial charge in [0, 0.05) is 11.3 Å². The van der Waals surface area contributed by atoms with Gasteiger partial charge in [0.25, 0.3) is 11.8 Å². The fourth-order valence-corrected chi connectivity index (χ4v) is 8.35. The van der Waals surface area contributed by atoms with E-state index in [2.05, 4.69) is 20.7 Å². The Morgan fingerprint density at radius 1 is 1.05 bits per heavy atom. The molecule has 202 valence electrons. The molecule has 5 amide bonds. The third kappa shape index (κ3) is 3.16. The lowest BCUT2D eigenvalue weighted by molar-refractivity contribution is -0.140. The fraction of sp³-hybridized carbons (Fsp3) is 0.370. The Hall–Kier alpha value is -2.95. The number of benzene rings is 2. The van der Waals surface area contributed by atoms with Gasteiger partial charge in [0.1, 0.15) is 5.75 Å². The minimum Gasteiger partial charge on any atom is -0.507 e. The largest absolute Gasteiger partial charge is 0.507 e. The Kier molecular flexibility index (Phi) is 5.91. The van der Waals surface area contributed by atoms with E-state index in [0.29, 0.717) is 26.8 Å². The molecule has 2 heterocycles. The lowest BCUT2D eigenvalue weighted by Crippen LogP contribution is -2.60. The van der Waals surface area contributed by atoms with Crippen molar-refractivity contribution >= 4 is 79.6 Å². The number of alkyl halides is 3. The summed E-state index contributed by atoms with van der Waals surface area (Å²) < 4.78 is 4.68. The number of likely N-dealkylation sites (tertiary alicyclic amines) is 2. The van der Waals surface area contributed by atoms with E-state index >= 15 is 0 Å². The van der Waals surface area contributed by atoms with Gasteiger partial charge in [-0.25, -0.2) is 4.79 Å². The van der Waals surface area contributed by atoms with Crippen LogP contribution in [0.3, 0.4) is 0 Å². The average molecular weight is 636 g/mol. The molecule has 0 radical (unpaired) electrons. The van der Waals surface area contributed by atoms with Crippen LogP contribution in [0.25, 0.3) is 10.8 Å². The summed E-state index contributed by atoms with van der Waals surface area (Å²) >= 11 is 17.6. The first-order valence-electron chi connectivity index (χ1n) is 12.2. The number of amides is 5. The molecule has 6 rings (SSSR count). The van der Waals surface area contributed by atoms with Crippen molar-refractivity contribution in [3.8, 4) is 5.75 Å². The topological polar surface area (TPSA) is 121 Å². The number of fused-ring (bicyclic) bond motifs is 5. The lowest BCUT2D eigenvalue weighted by atomic mass is 9.56. The maximum absolute atomic E-state index is 13.9. The number of carbonyl (C=O) groups is 5. The molecule has 2 aliphatic carbocycles. The highest BCUT2D eigenvalue weighted by Crippen LogP contribution is 2.66. The highest BCUT2D eigenvalue weighted by atomic mass is 79.9.